The van der Waals surface area contributed by atoms with Crippen LogP contribution < -0.4 is 9.47 Å². The summed E-state index contributed by atoms with van der Waals surface area (Å²) in [6.45, 7) is 0.950. The molecule has 0 bridgehead atoms. The van der Waals surface area contributed by atoms with E-state index in [1.165, 1.54) is 29.1 Å². The third-order valence-corrected chi connectivity index (χ3v) is 4.67. The normalized spacial score (nSPS) is 13.2. The minimum absolute atomic E-state index is 0.00625. The maximum atomic E-state index is 13.1. The molecule has 3 aromatic rings. The number of hydrogen-bond acceptors (Lipinski definition) is 6. The number of hydrogen-bond donors (Lipinski definition) is 0. The van der Waals surface area contributed by atoms with Crippen molar-refractivity contribution >= 4 is 5.91 Å². The highest BCUT2D eigenvalue weighted by Crippen LogP contribution is 2.33. The highest BCUT2D eigenvalue weighted by molar-refractivity contribution is 5.90. The summed E-state index contributed by atoms with van der Waals surface area (Å²) < 4.78 is 23.7. The lowest BCUT2D eigenvalue weighted by molar-refractivity contribution is 0.0721. The minimum Gasteiger partial charge on any atom is -0.493 e. The SMILES string of the molecule is COc1cc2c(cc1OC)CN(C(=O)c1nnn(-c3ccc(F)cc3)n1)CC2. The van der Waals surface area contributed by atoms with Crippen molar-refractivity contribution in [3.8, 4) is 17.2 Å². The molecule has 2 aromatic carbocycles. The number of carbonyl (C=O) groups is 1. The second kappa shape index (κ2) is 7.26. The van der Waals surface area contributed by atoms with E-state index in [0.717, 1.165) is 11.1 Å². The van der Waals surface area contributed by atoms with Crippen molar-refractivity contribution in [2.45, 2.75) is 13.0 Å². The number of benzene rings is 2. The van der Waals surface area contributed by atoms with Gasteiger partial charge in [0, 0.05) is 13.1 Å². The van der Waals surface area contributed by atoms with E-state index in [0.29, 0.717) is 36.7 Å². The quantitative estimate of drug-likeness (QED) is 0.686. The summed E-state index contributed by atoms with van der Waals surface area (Å²) in [5, 5.41) is 11.9. The Hall–Kier alpha value is -3.49. The fourth-order valence-electron chi connectivity index (χ4n) is 3.18. The maximum absolute atomic E-state index is 13.1. The van der Waals surface area contributed by atoms with Gasteiger partial charge in [0.15, 0.2) is 11.5 Å². The number of amides is 1. The lowest BCUT2D eigenvalue weighted by Gasteiger charge is -2.28. The van der Waals surface area contributed by atoms with Gasteiger partial charge in [0.2, 0.25) is 0 Å². The van der Waals surface area contributed by atoms with Crippen LogP contribution in [-0.2, 0) is 13.0 Å². The molecule has 0 N–H and O–H groups in total. The number of rotatable bonds is 4. The molecule has 1 aliphatic heterocycles. The zero-order valence-electron chi connectivity index (χ0n) is 15.4. The summed E-state index contributed by atoms with van der Waals surface area (Å²) >= 11 is 0. The molecular weight excluding hydrogens is 365 g/mol. The van der Waals surface area contributed by atoms with Crippen LogP contribution in [0.3, 0.4) is 0 Å². The first-order chi connectivity index (χ1) is 13.6. The van der Waals surface area contributed by atoms with E-state index in [-0.39, 0.29) is 17.5 Å². The fourth-order valence-corrected chi connectivity index (χ4v) is 3.18. The number of aromatic nitrogens is 4. The molecule has 1 aliphatic rings. The molecule has 0 unspecified atom stereocenters. The Morgan fingerprint density at radius 3 is 2.43 bits per heavy atom. The molecule has 0 aliphatic carbocycles. The molecule has 8 nitrogen and oxygen atoms in total. The standard InChI is InChI=1S/C19H18FN5O3/c1-27-16-9-12-7-8-24(11-13(12)10-17(16)28-2)19(26)18-21-23-25(22-18)15-5-3-14(20)4-6-15/h3-6,9-10H,7-8,11H2,1-2H3. The molecule has 0 atom stereocenters. The van der Waals surface area contributed by atoms with Gasteiger partial charge in [-0.15, -0.1) is 15.0 Å². The van der Waals surface area contributed by atoms with Crippen molar-refractivity contribution in [1.29, 1.82) is 0 Å². The van der Waals surface area contributed by atoms with Crippen LogP contribution >= 0.6 is 0 Å². The number of halogens is 1. The molecule has 1 amide bonds. The summed E-state index contributed by atoms with van der Waals surface area (Å²) in [5.41, 5.74) is 2.63. The summed E-state index contributed by atoms with van der Waals surface area (Å²) in [6, 6.07) is 9.45. The molecule has 0 radical (unpaired) electrons. The second-order valence-electron chi connectivity index (χ2n) is 6.33. The molecule has 9 heteroatoms. The second-order valence-corrected chi connectivity index (χ2v) is 6.33. The third kappa shape index (κ3) is 3.26. The van der Waals surface area contributed by atoms with Gasteiger partial charge in [-0.25, -0.2) is 4.39 Å². The molecule has 0 saturated carbocycles. The first-order valence-electron chi connectivity index (χ1n) is 8.68. The first kappa shape index (κ1) is 17.9. The third-order valence-electron chi connectivity index (χ3n) is 4.67. The fraction of sp³-hybridized carbons (Fsp3) is 0.263. The van der Waals surface area contributed by atoms with Crippen molar-refractivity contribution in [2.75, 3.05) is 20.8 Å². The van der Waals surface area contributed by atoms with Crippen molar-refractivity contribution in [1.82, 2.24) is 25.1 Å². The molecule has 1 aromatic heterocycles. The van der Waals surface area contributed by atoms with E-state index in [1.807, 2.05) is 12.1 Å². The Balaban J connectivity index is 1.54. The summed E-state index contributed by atoms with van der Waals surface area (Å²) in [7, 11) is 3.17. The number of carbonyl (C=O) groups excluding carboxylic acids is 1. The van der Waals surface area contributed by atoms with Crippen LogP contribution in [0.15, 0.2) is 36.4 Å². The number of nitrogens with zero attached hydrogens (tertiary/aromatic N) is 5. The van der Waals surface area contributed by atoms with Crippen molar-refractivity contribution in [2.24, 2.45) is 0 Å². The molecule has 28 heavy (non-hydrogen) atoms. The number of tetrazole rings is 1. The van der Waals surface area contributed by atoms with Gasteiger partial charge in [0.1, 0.15) is 5.82 Å². The van der Waals surface area contributed by atoms with Crippen molar-refractivity contribution < 1.29 is 18.7 Å². The monoisotopic (exact) mass is 383 g/mol. The molecule has 144 valence electrons. The molecule has 0 fully saturated rings. The van der Waals surface area contributed by atoms with Gasteiger partial charge in [0.05, 0.1) is 19.9 Å². The molecule has 0 saturated heterocycles. The number of ether oxygens (including phenoxy) is 2. The molecule has 2 heterocycles. The highest BCUT2D eigenvalue weighted by atomic mass is 19.1. The van der Waals surface area contributed by atoms with Crippen LogP contribution in [-0.4, -0.2) is 51.8 Å². The van der Waals surface area contributed by atoms with Gasteiger partial charge in [0.25, 0.3) is 11.7 Å². The lowest BCUT2D eigenvalue weighted by Crippen LogP contribution is -2.36. The maximum Gasteiger partial charge on any atom is 0.295 e. The predicted molar refractivity (Wildman–Crippen MR) is 97.1 cm³/mol. The minimum atomic E-state index is -0.362. The van der Waals surface area contributed by atoms with Crippen LogP contribution in [0.25, 0.3) is 5.69 Å². The molecule has 0 spiro atoms. The van der Waals surface area contributed by atoms with Gasteiger partial charge in [-0.2, -0.15) is 0 Å². The van der Waals surface area contributed by atoms with E-state index >= 15 is 0 Å². The zero-order chi connectivity index (χ0) is 19.7. The van der Waals surface area contributed by atoms with E-state index in [4.69, 9.17) is 9.47 Å². The summed E-state index contributed by atoms with van der Waals surface area (Å²) in [5.74, 6) is 0.613. The van der Waals surface area contributed by atoms with E-state index in [2.05, 4.69) is 15.4 Å². The Morgan fingerprint density at radius 1 is 1.07 bits per heavy atom. The van der Waals surface area contributed by atoms with Crippen molar-refractivity contribution in [3.63, 3.8) is 0 Å². The van der Waals surface area contributed by atoms with Crippen LogP contribution in [0.4, 0.5) is 4.39 Å². The number of fused-ring (bicyclic) bond motifs is 1. The van der Waals surface area contributed by atoms with E-state index < -0.39 is 0 Å². The highest BCUT2D eigenvalue weighted by Gasteiger charge is 2.26. The first-order valence-corrected chi connectivity index (χ1v) is 8.68. The lowest BCUT2D eigenvalue weighted by atomic mass is 9.98. The smallest absolute Gasteiger partial charge is 0.295 e. The van der Waals surface area contributed by atoms with Gasteiger partial charge in [-0.05, 0) is 59.2 Å². The van der Waals surface area contributed by atoms with E-state index in [1.54, 1.807) is 19.1 Å². The van der Waals surface area contributed by atoms with Crippen LogP contribution in [0.1, 0.15) is 21.7 Å². The van der Waals surface area contributed by atoms with Gasteiger partial charge >= 0.3 is 0 Å². The Morgan fingerprint density at radius 2 is 1.75 bits per heavy atom. The van der Waals surface area contributed by atoms with Gasteiger partial charge < -0.3 is 14.4 Å². The van der Waals surface area contributed by atoms with Gasteiger partial charge in [-0.3, -0.25) is 4.79 Å². The summed E-state index contributed by atoms with van der Waals surface area (Å²) in [4.78, 5) is 15.7. The van der Waals surface area contributed by atoms with Crippen molar-refractivity contribution in [3.05, 3.63) is 59.2 Å². The average molecular weight is 383 g/mol. The van der Waals surface area contributed by atoms with Crippen LogP contribution in [0.5, 0.6) is 11.5 Å². The van der Waals surface area contributed by atoms with Gasteiger partial charge in [-0.1, -0.05) is 0 Å². The van der Waals surface area contributed by atoms with E-state index in [9.17, 15) is 9.18 Å². The topological polar surface area (TPSA) is 82.4 Å². The Bertz CT molecular complexity index is 1020. The largest absolute Gasteiger partial charge is 0.493 e. The Labute approximate surface area is 160 Å². The van der Waals surface area contributed by atoms with Crippen LogP contribution in [0.2, 0.25) is 0 Å². The average Bonchev–Trinajstić information content (AvgIpc) is 3.22. The molecular formula is C19H18FN5O3. The number of methoxy groups -OCH3 is 2. The Kier molecular flexibility index (Phi) is 4.64. The summed E-state index contributed by atoms with van der Waals surface area (Å²) in [6.07, 6.45) is 0.688. The molecule has 4 rings (SSSR count). The predicted octanol–water partition coefficient (Wildman–Crippen LogP) is 2.02. The van der Waals surface area contributed by atoms with Crippen LogP contribution in [0, 0.1) is 5.82 Å². The zero-order valence-corrected chi connectivity index (χ0v) is 15.4.